The molecule has 1 N–H and O–H groups in total. The van der Waals surface area contributed by atoms with Gasteiger partial charge in [0.05, 0.1) is 0 Å². The summed E-state index contributed by atoms with van der Waals surface area (Å²) in [6.07, 6.45) is 2.68. The molecule has 0 aliphatic carbocycles. The van der Waals surface area contributed by atoms with E-state index in [2.05, 4.69) is 5.32 Å². The number of rotatable bonds is 6. The molecule has 0 saturated carbocycles. The van der Waals surface area contributed by atoms with Crippen molar-refractivity contribution in [2.24, 2.45) is 0 Å². The largest absolute Gasteiger partial charge is 0.444 e. The van der Waals surface area contributed by atoms with Gasteiger partial charge in [0, 0.05) is 19.8 Å². The third-order valence-corrected chi connectivity index (χ3v) is 2.00. The number of carbonyl (C=O) groups is 1. The SMILES string of the molecule is COCCCC[C@@H](C)NC(=O)OC(C)(C)C. The molecule has 1 amide bonds. The van der Waals surface area contributed by atoms with Gasteiger partial charge >= 0.3 is 6.09 Å². The molecule has 0 aliphatic heterocycles. The molecular formula is C12H25NO3. The van der Waals surface area contributed by atoms with E-state index in [1.54, 1.807) is 7.11 Å². The molecule has 0 spiro atoms. The van der Waals surface area contributed by atoms with Crippen molar-refractivity contribution in [3.8, 4) is 0 Å². The Hall–Kier alpha value is -0.770. The Morgan fingerprint density at radius 1 is 1.31 bits per heavy atom. The van der Waals surface area contributed by atoms with Gasteiger partial charge < -0.3 is 14.8 Å². The van der Waals surface area contributed by atoms with Gasteiger partial charge in [-0.25, -0.2) is 4.79 Å². The van der Waals surface area contributed by atoms with Gasteiger partial charge in [-0.05, 0) is 47.0 Å². The predicted octanol–water partition coefficient (Wildman–Crippen LogP) is 2.72. The summed E-state index contributed by atoms with van der Waals surface area (Å²) >= 11 is 0. The molecule has 0 radical (unpaired) electrons. The highest BCUT2D eigenvalue weighted by atomic mass is 16.6. The fourth-order valence-corrected chi connectivity index (χ4v) is 1.28. The van der Waals surface area contributed by atoms with Crippen LogP contribution in [0, 0.1) is 0 Å². The van der Waals surface area contributed by atoms with Gasteiger partial charge in [-0.2, -0.15) is 0 Å². The van der Waals surface area contributed by atoms with Gasteiger partial charge in [-0.1, -0.05) is 0 Å². The molecule has 96 valence electrons. The Morgan fingerprint density at radius 3 is 2.44 bits per heavy atom. The van der Waals surface area contributed by atoms with Crippen LogP contribution in [0.25, 0.3) is 0 Å². The molecule has 1 atom stereocenters. The Balaban J connectivity index is 3.62. The summed E-state index contributed by atoms with van der Waals surface area (Å²) in [7, 11) is 1.70. The molecule has 0 aromatic rings. The first-order chi connectivity index (χ1) is 7.35. The number of amides is 1. The summed E-state index contributed by atoms with van der Waals surface area (Å²) in [4.78, 5) is 11.4. The van der Waals surface area contributed by atoms with E-state index in [0.717, 1.165) is 25.9 Å². The topological polar surface area (TPSA) is 47.6 Å². The van der Waals surface area contributed by atoms with Crippen LogP contribution in [0.15, 0.2) is 0 Å². The summed E-state index contributed by atoms with van der Waals surface area (Å²) in [5, 5.41) is 2.81. The Bertz CT molecular complexity index is 199. The fraction of sp³-hybridized carbons (Fsp3) is 0.917. The first-order valence-electron chi connectivity index (χ1n) is 5.83. The van der Waals surface area contributed by atoms with E-state index in [4.69, 9.17) is 9.47 Å². The molecule has 4 nitrogen and oxygen atoms in total. The van der Waals surface area contributed by atoms with Gasteiger partial charge in [-0.3, -0.25) is 0 Å². The van der Waals surface area contributed by atoms with Crippen LogP contribution in [-0.4, -0.2) is 31.5 Å². The number of nitrogens with one attached hydrogen (secondary N) is 1. The quantitative estimate of drug-likeness (QED) is 0.715. The molecule has 4 heteroatoms. The number of ether oxygens (including phenoxy) is 2. The van der Waals surface area contributed by atoms with Gasteiger partial charge in [0.15, 0.2) is 0 Å². The van der Waals surface area contributed by atoms with Crippen molar-refractivity contribution < 1.29 is 14.3 Å². The lowest BCUT2D eigenvalue weighted by Crippen LogP contribution is -2.37. The zero-order valence-electron chi connectivity index (χ0n) is 11.1. The second kappa shape index (κ2) is 7.49. The molecule has 0 bridgehead atoms. The molecule has 0 unspecified atom stereocenters. The minimum absolute atomic E-state index is 0.145. The second-order valence-corrected chi connectivity index (χ2v) is 5.04. The summed E-state index contributed by atoms with van der Waals surface area (Å²) in [5.41, 5.74) is -0.431. The zero-order chi connectivity index (χ0) is 12.6. The van der Waals surface area contributed by atoms with Crippen molar-refractivity contribution in [2.45, 2.75) is 58.6 Å². The molecule has 0 rings (SSSR count). The lowest BCUT2D eigenvalue weighted by Gasteiger charge is -2.21. The predicted molar refractivity (Wildman–Crippen MR) is 64.6 cm³/mol. The van der Waals surface area contributed by atoms with E-state index < -0.39 is 5.60 Å². The number of carbonyl (C=O) groups excluding carboxylic acids is 1. The van der Waals surface area contributed by atoms with Gasteiger partial charge in [0.2, 0.25) is 0 Å². The van der Waals surface area contributed by atoms with E-state index in [9.17, 15) is 4.79 Å². The van der Waals surface area contributed by atoms with Crippen LogP contribution in [0.3, 0.4) is 0 Å². The van der Waals surface area contributed by atoms with Gasteiger partial charge in [-0.15, -0.1) is 0 Å². The third kappa shape index (κ3) is 9.77. The van der Waals surface area contributed by atoms with Crippen LogP contribution < -0.4 is 5.32 Å². The van der Waals surface area contributed by atoms with Gasteiger partial charge in [0.25, 0.3) is 0 Å². The third-order valence-electron chi connectivity index (χ3n) is 2.00. The lowest BCUT2D eigenvalue weighted by molar-refractivity contribution is 0.0505. The first kappa shape index (κ1) is 15.2. The number of hydrogen-bond donors (Lipinski definition) is 1. The highest BCUT2D eigenvalue weighted by Gasteiger charge is 2.17. The average molecular weight is 231 g/mol. The fourth-order valence-electron chi connectivity index (χ4n) is 1.28. The molecular weight excluding hydrogens is 206 g/mol. The summed E-state index contributed by atoms with van der Waals surface area (Å²) in [6.45, 7) is 8.33. The molecule has 16 heavy (non-hydrogen) atoms. The van der Waals surface area contributed by atoms with Crippen molar-refractivity contribution in [3.63, 3.8) is 0 Å². The Morgan fingerprint density at radius 2 is 1.94 bits per heavy atom. The molecule has 0 aliphatic rings. The average Bonchev–Trinajstić information content (AvgIpc) is 2.09. The van der Waals surface area contributed by atoms with Crippen LogP contribution in [0.5, 0.6) is 0 Å². The Labute approximate surface area is 98.7 Å². The molecule has 0 fully saturated rings. The molecule has 0 saturated heterocycles. The van der Waals surface area contributed by atoms with Crippen LogP contribution in [-0.2, 0) is 9.47 Å². The normalized spacial score (nSPS) is 13.3. The first-order valence-corrected chi connectivity index (χ1v) is 5.83. The molecule has 0 heterocycles. The monoisotopic (exact) mass is 231 g/mol. The van der Waals surface area contributed by atoms with Crippen molar-refractivity contribution in [2.75, 3.05) is 13.7 Å². The van der Waals surface area contributed by atoms with Crippen LogP contribution >= 0.6 is 0 Å². The summed E-state index contributed by atoms with van der Waals surface area (Å²) in [6, 6.07) is 0.145. The maximum atomic E-state index is 11.4. The smallest absolute Gasteiger partial charge is 0.407 e. The maximum absolute atomic E-state index is 11.4. The van der Waals surface area contributed by atoms with Crippen LogP contribution in [0.1, 0.15) is 47.0 Å². The van der Waals surface area contributed by atoms with Gasteiger partial charge in [0.1, 0.15) is 5.60 Å². The number of alkyl carbamates (subject to hydrolysis) is 1. The van der Waals surface area contributed by atoms with Crippen molar-refractivity contribution in [3.05, 3.63) is 0 Å². The number of unbranched alkanes of at least 4 members (excludes halogenated alkanes) is 1. The number of methoxy groups -OCH3 is 1. The van der Waals surface area contributed by atoms with E-state index in [-0.39, 0.29) is 12.1 Å². The van der Waals surface area contributed by atoms with E-state index >= 15 is 0 Å². The lowest BCUT2D eigenvalue weighted by atomic mass is 10.1. The maximum Gasteiger partial charge on any atom is 0.407 e. The van der Waals surface area contributed by atoms with E-state index in [1.807, 2.05) is 27.7 Å². The number of hydrogen-bond acceptors (Lipinski definition) is 3. The Kier molecular flexibility index (Phi) is 7.13. The highest BCUT2D eigenvalue weighted by molar-refractivity contribution is 5.67. The minimum Gasteiger partial charge on any atom is -0.444 e. The van der Waals surface area contributed by atoms with Crippen molar-refractivity contribution >= 4 is 6.09 Å². The van der Waals surface area contributed by atoms with Crippen molar-refractivity contribution in [1.29, 1.82) is 0 Å². The van der Waals surface area contributed by atoms with E-state index in [1.165, 1.54) is 0 Å². The standard InChI is InChI=1S/C12H25NO3/c1-10(8-6-7-9-15-5)13-11(14)16-12(2,3)4/h10H,6-9H2,1-5H3,(H,13,14)/t10-/m1/s1. The molecule has 0 aromatic carbocycles. The minimum atomic E-state index is -0.431. The van der Waals surface area contributed by atoms with E-state index in [0.29, 0.717) is 0 Å². The molecule has 0 aromatic heterocycles. The summed E-state index contributed by atoms with van der Waals surface area (Å²) < 4.78 is 10.1. The van der Waals surface area contributed by atoms with Crippen molar-refractivity contribution in [1.82, 2.24) is 5.32 Å². The second-order valence-electron chi connectivity index (χ2n) is 5.04. The zero-order valence-corrected chi connectivity index (χ0v) is 11.1. The van der Waals surface area contributed by atoms with Crippen LogP contribution in [0.4, 0.5) is 4.79 Å². The summed E-state index contributed by atoms with van der Waals surface area (Å²) in [5.74, 6) is 0. The highest BCUT2D eigenvalue weighted by Crippen LogP contribution is 2.07. The van der Waals surface area contributed by atoms with Crippen LogP contribution in [0.2, 0.25) is 0 Å².